The number of nitrogens with one attached hydrogen (secondary N) is 2. The van der Waals surface area contributed by atoms with Gasteiger partial charge in [-0.2, -0.15) is 0 Å². The minimum atomic E-state index is -0.0946. The van der Waals surface area contributed by atoms with Crippen LogP contribution in [-0.2, 0) is 6.42 Å². The van der Waals surface area contributed by atoms with Gasteiger partial charge in [-0.3, -0.25) is 0 Å². The molecule has 2 amide bonds. The maximum Gasteiger partial charge on any atom is 0.314 e. The molecule has 1 aromatic carbocycles. The highest BCUT2D eigenvalue weighted by atomic mass is 16.2. The molecule has 0 spiro atoms. The molecule has 0 unspecified atom stereocenters. The molecule has 94 valence electrons. The van der Waals surface area contributed by atoms with Gasteiger partial charge in [-0.1, -0.05) is 30.3 Å². The van der Waals surface area contributed by atoms with Crippen molar-refractivity contribution in [2.75, 3.05) is 33.7 Å². The van der Waals surface area contributed by atoms with Crippen molar-refractivity contribution in [1.82, 2.24) is 15.5 Å². The highest BCUT2D eigenvalue weighted by Crippen LogP contribution is 1.97. The first-order valence-corrected chi connectivity index (χ1v) is 5.89. The quantitative estimate of drug-likeness (QED) is 0.775. The Bertz CT molecular complexity index is 325. The first-order valence-electron chi connectivity index (χ1n) is 5.89. The Morgan fingerprint density at radius 3 is 2.41 bits per heavy atom. The van der Waals surface area contributed by atoms with E-state index in [-0.39, 0.29) is 6.03 Å². The van der Waals surface area contributed by atoms with E-state index in [2.05, 4.69) is 22.8 Å². The molecule has 1 aromatic rings. The lowest BCUT2D eigenvalue weighted by atomic mass is 10.1. The fraction of sp³-hybridized carbons (Fsp3) is 0.462. The molecular formula is C13H21N3O. The molecule has 0 saturated carbocycles. The van der Waals surface area contributed by atoms with Gasteiger partial charge in [0.2, 0.25) is 0 Å². The van der Waals surface area contributed by atoms with E-state index >= 15 is 0 Å². The van der Waals surface area contributed by atoms with Crippen LogP contribution in [0.15, 0.2) is 30.3 Å². The molecule has 0 radical (unpaired) electrons. The van der Waals surface area contributed by atoms with E-state index in [1.165, 1.54) is 5.56 Å². The highest BCUT2D eigenvalue weighted by molar-refractivity contribution is 5.73. The van der Waals surface area contributed by atoms with Crippen molar-refractivity contribution in [3.63, 3.8) is 0 Å². The number of carbonyl (C=O) groups excluding carboxylic acids is 1. The maximum absolute atomic E-state index is 11.4. The van der Waals surface area contributed by atoms with E-state index in [4.69, 9.17) is 0 Å². The zero-order valence-corrected chi connectivity index (χ0v) is 10.6. The first-order chi connectivity index (χ1) is 8.18. The van der Waals surface area contributed by atoms with Gasteiger partial charge < -0.3 is 15.5 Å². The second kappa shape index (κ2) is 7.68. The van der Waals surface area contributed by atoms with Crippen molar-refractivity contribution >= 4 is 6.03 Å². The molecule has 0 aliphatic rings. The molecule has 0 atom stereocenters. The molecular weight excluding hydrogens is 214 g/mol. The minimum Gasteiger partial charge on any atom is -0.338 e. The summed E-state index contributed by atoms with van der Waals surface area (Å²) in [4.78, 5) is 13.4. The van der Waals surface area contributed by atoms with Crippen molar-refractivity contribution in [3.8, 4) is 0 Å². The molecule has 4 heteroatoms. The van der Waals surface area contributed by atoms with Crippen LogP contribution in [0.25, 0.3) is 0 Å². The molecule has 0 aliphatic carbocycles. The fourth-order valence-corrected chi connectivity index (χ4v) is 1.42. The van der Waals surface area contributed by atoms with E-state index in [9.17, 15) is 4.79 Å². The van der Waals surface area contributed by atoms with Gasteiger partial charge in [0.15, 0.2) is 0 Å². The summed E-state index contributed by atoms with van der Waals surface area (Å²) in [6.07, 6.45) is 0.863. The van der Waals surface area contributed by atoms with Crippen LogP contribution >= 0.6 is 0 Å². The van der Waals surface area contributed by atoms with Gasteiger partial charge in [-0.05, 0) is 26.1 Å². The van der Waals surface area contributed by atoms with Crippen LogP contribution < -0.4 is 10.6 Å². The van der Waals surface area contributed by atoms with Gasteiger partial charge in [0, 0.05) is 19.6 Å². The van der Waals surface area contributed by atoms with Crippen molar-refractivity contribution in [3.05, 3.63) is 35.9 Å². The maximum atomic E-state index is 11.4. The minimum absolute atomic E-state index is 0.0946. The lowest BCUT2D eigenvalue weighted by Gasteiger charge is -2.11. The Morgan fingerprint density at radius 2 is 1.76 bits per heavy atom. The number of benzene rings is 1. The van der Waals surface area contributed by atoms with Gasteiger partial charge in [0.25, 0.3) is 0 Å². The number of likely N-dealkylation sites (N-methyl/N-ethyl adjacent to an activating group) is 1. The normalized spacial score (nSPS) is 10.3. The molecule has 0 saturated heterocycles. The van der Waals surface area contributed by atoms with Crippen LogP contribution in [0.5, 0.6) is 0 Å². The largest absolute Gasteiger partial charge is 0.338 e. The lowest BCUT2D eigenvalue weighted by Crippen LogP contribution is -2.39. The SMILES string of the molecule is CN(C)CCNC(=O)NCCc1ccccc1. The van der Waals surface area contributed by atoms with E-state index in [0.29, 0.717) is 13.1 Å². The van der Waals surface area contributed by atoms with Crippen LogP contribution in [0.3, 0.4) is 0 Å². The summed E-state index contributed by atoms with van der Waals surface area (Å²) in [6, 6.07) is 10.0. The number of rotatable bonds is 6. The Labute approximate surface area is 103 Å². The Morgan fingerprint density at radius 1 is 1.12 bits per heavy atom. The summed E-state index contributed by atoms with van der Waals surface area (Å²) in [5.41, 5.74) is 1.24. The molecule has 1 rings (SSSR count). The van der Waals surface area contributed by atoms with Gasteiger partial charge in [-0.25, -0.2) is 4.79 Å². The fourth-order valence-electron chi connectivity index (χ4n) is 1.42. The lowest BCUT2D eigenvalue weighted by molar-refractivity contribution is 0.239. The summed E-state index contributed by atoms with van der Waals surface area (Å²) in [6.45, 7) is 2.19. The zero-order chi connectivity index (χ0) is 12.5. The molecule has 4 nitrogen and oxygen atoms in total. The molecule has 0 heterocycles. The number of urea groups is 1. The number of carbonyl (C=O) groups is 1. The second-order valence-electron chi connectivity index (χ2n) is 4.22. The Kier molecular flexibility index (Phi) is 6.10. The Hall–Kier alpha value is -1.55. The van der Waals surface area contributed by atoms with Crippen molar-refractivity contribution in [2.45, 2.75) is 6.42 Å². The topological polar surface area (TPSA) is 44.4 Å². The van der Waals surface area contributed by atoms with Gasteiger partial charge >= 0.3 is 6.03 Å². The monoisotopic (exact) mass is 235 g/mol. The molecule has 17 heavy (non-hydrogen) atoms. The standard InChI is InChI=1S/C13H21N3O/c1-16(2)11-10-15-13(17)14-9-8-12-6-4-3-5-7-12/h3-7H,8-11H2,1-2H3,(H2,14,15,17). The van der Waals surface area contributed by atoms with E-state index in [0.717, 1.165) is 13.0 Å². The molecule has 2 N–H and O–H groups in total. The number of hydrogen-bond donors (Lipinski definition) is 2. The van der Waals surface area contributed by atoms with Crippen molar-refractivity contribution < 1.29 is 4.79 Å². The number of amides is 2. The molecule has 0 aromatic heterocycles. The summed E-state index contributed by atoms with van der Waals surface area (Å²) >= 11 is 0. The van der Waals surface area contributed by atoms with Gasteiger partial charge in [-0.15, -0.1) is 0 Å². The van der Waals surface area contributed by atoms with Crippen LogP contribution in [0.4, 0.5) is 4.79 Å². The zero-order valence-electron chi connectivity index (χ0n) is 10.6. The smallest absolute Gasteiger partial charge is 0.314 e. The van der Waals surface area contributed by atoms with E-state index in [1.807, 2.05) is 37.2 Å². The third-order valence-electron chi connectivity index (χ3n) is 2.39. The summed E-state index contributed by atoms with van der Waals surface area (Å²) in [5, 5.41) is 5.64. The Balaban J connectivity index is 2.08. The van der Waals surface area contributed by atoms with Crippen LogP contribution in [-0.4, -0.2) is 44.7 Å². The third-order valence-corrected chi connectivity index (χ3v) is 2.39. The summed E-state index contributed by atoms with van der Waals surface area (Å²) in [7, 11) is 3.96. The average Bonchev–Trinajstić information content (AvgIpc) is 2.30. The molecule has 0 bridgehead atoms. The summed E-state index contributed by atoms with van der Waals surface area (Å²) in [5.74, 6) is 0. The van der Waals surface area contributed by atoms with Crippen molar-refractivity contribution in [1.29, 1.82) is 0 Å². The van der Waals surface area contributed by atoms with Gasteiger partial charge in [0.1, 0.15) is 0 Å². The molecule has 0 fully saturated rings. The van der Waals surface area contributed by atoms with Gasteiger partial charge in [0.05, 0.1) is 0 Å². The average molecular weight is 235 g/mol. The predicted molar refractivity (Wildman–Crippen MR) is 70.1 cm³/mol. The highest BCUT2D eigenvalue weighted by Gasteiger charge is 1.99. The predicted octanol–water partition coefficient (Wildman–Crippen LogP) is 1.09. The third kappa shape index (κ3) is 6.58. The number of hydrogen-bond acceptors (Lipinski definition) is 2. The van der Waals surface area contributed by atoms with E-state index < -0.39 is 0 Å². The first kappa shape index (κ1) is 13.5. The van der Waals surface area contributed by atoms with Crippen LogP contribution in [0, 0.1) is 0 Å². The molecule has 0 aliphatic heterocycles. The van der Waals surface area contributed by atoms with E-state index in [1.54, 1.807) is 0 Å². The van der Waals surface area contributed by atoms with Crippen LogP contribution in [0.2, 0.25) is 0 Å². The van der Waals surface area contributed by atoms with Crippen LogP contribution in [0.1, 0.15) is 5.56 Å². The second-order valence-corrected chi connectivity index (χ2v) is 4.22. The number of nitrogens with zero attached hydrogens (tertiary/aromatic N) is 1. The van der Waals surface area contributed by atoms with Crippen molar-refractivity contribution in [2.24, 2.45) is 0 Å². The summed E-state index contributed by atoms with van der Waals surface area (Å²) < 4.78 is 0.